The van der Waals surface area contributed by atoms with Gasteiger partial charge in [0.25, 0.3) is 0 Å². The summed E-state index contributed by atoms with van der Waals surface area (Å²) in [7, 11) is 0. The molecule has 0 saturated carbocycles. The van der Waals surface area contributed by atoms with Gasteiger partial charge in [0.1, 0.15) is 0 Å². The summed E-state index contributed by atoms with van der Waals surface area (Å²) in [5.41, 5.74) is 7.63. The normalized spacial score (nSPS) is 11.0. The number of halogens is 1. The highest BCUT2D eigenvalue weighted by atomic mass is 127. The Morgan fingerprint density at radius 1 is 1.27 bits per heavy atom. The van der Waals surface area contributed by atoms with Gasteiger partial charge in [0.2, 0.25) is 5.91 Å². The molecule has 1 aromatic carbocycles. The number of guanidine groups is 1. The zero-order valence-electron chi connectivity index (χ0n) is 13.6. The Morgan fingerprint density at radius 2 is 1.91 bits per heavy atom. The summed E-state index contributed by atoms with van der Waals surface area (Å²) >= 11 is 0. The van der Waals surface area contributed by atoms with Gasteiger partial charge in [-0.05, 0) is 24.1 Å². The predicted octanol–water partition coefficient (Wildman–Crippen LogP) is 3.10. The number of nitrogens with zero attached hydrogens (tertiary/aromatic N) is 1. The average Bonchev–Trinajstić information content (AvgIpc) is 2.46. The van der Waals surface area contributed by atoms with Crippen molar-refractivity contribution in [2.45, 2.75) is 40.2 Å². The first-order valence-corrected chi connectivity index (χ1v) is 7.46. The molecule has 6 heteroatoms. The monoisotopic (exact) mass is 418 g/mol. The fraction of sp³-hybridized carbons (Fsp3) is 0.500. The summed E-state index contributed by atoms with van der Waals surface area (Å²) in [5.74, 6) is 0.467. The number of nitrogens with two attached hydrogens (primary N) is 1. The van der Waals surface area contributed by atoms with Gasteiger partial charge in [0.05, 0.1) is 6.54 Å². The highest BCUT2D eigenvalue weighted by molar-refractivity contribution is 14.0. The third kappa shape index (κ3) is 8.21. The van der Waals surface area contributed by atoms with E-state index in [4.69, 9.17) is 5.73 Å². The molecule has 1 aromatic rings. The number of hydrogen-bond donors (Lipinski definition) is 3. The molecule has 0 heterocycles. The Balaban J connectivity index is 0.00000441. The number of carbonyl (C=O) groups excluding carboxylic acids is 1. The van der Waals surface area contributed by atoms with Gasteiger partial charge in [-0.25, -0.2) is 4.99 Å². The van der Waals surface area contributed by atoms with E-state index in [1.54, 1.807) is 0 Å². The van der Waals surface area contributed by atoms with Crippen LogP contribution in [-0.4, -0.2) is 18.4 Å². The first-order valence-electron chi connectivity index (χ1n) is 7.46. The van der Waals surface area contributed by atoms with E-state index in [1.807, 2.05) is 38.1 Å². The lowest BCUT2D eigenvalue weighted by Crippen LogP contribution is -2.32. The zero-order valence-corrected chi connectivity index (χ0v) is 15.9. The second kappa shape index (κ2) is 11.3. The second-order valence-electron chi connectivity index (χ2n) is 5.32. The van der Waals surface area contributed by atoms with Crippen molar-refractivity contribution in [2.75, 3.05) is 11.9 Å². The molecular weight excluding hydrogens is 391 g/mol. The maximum Gasteiger partial charge on any atom is 0.226 e. The highest BCUT2D eigenvalue weighted by Crippen LogP contribution is 2.11. The molecule has 4 N–H and O–H groups in total. The molecule has 5 nitrogen and oxygen atoms in total. The number of anilines is 1. The molecule has 0 radical (unpaired) electrons. The minimum Gasteiger partial charge on any atom is -0.370 e. The van der Waals surface area contributed by atoms with Crippen LogP contribution in [0.15, 0.2) is 29.3 Å². The van der Waals surface area contributed by atoms with E-state index < -0.39 is 0 Å². The van der Waals surface area contributed by atoms with E-state index in [1.165, 1.54) is 0 Å². The molecule has 124 valence electrons. The SMILES string of the molecule is CCCCNC(N)=NCc1ccc(NC(=O)C(C)C)cc1.I. The van der Waals surface area contributed by atoms with Crippen LogP contribution in [0.3, 0.4) is 0 Å². The highest BCUT2D eigenvalue weighted by Gasteiger charge is 2.06. The lowest BCUT2D eigenvalue weighted by atomic mass is 10.2. The first kappa shape index (κ1) is 20.7. The molecule has 1 amide bonds. The van der Waals surface area contributed by atoms with E-state index in [0.717, 1.165) is 30.6 Å². The van der Waals surface area contributed by atoms with Crippen LogP contribution in [0, 0.1) is 5.92 Å². The molecule has 0 aliphatic rings. The lowest BCUT2D eigenvalue weighted by Gasteiger charge is -2.08. The molecule has 0 aliphatic carbocycles. The lowest BCUT2D eigenvalue weighted by molar-refractivity contribution is -0.118. The molecule has 22 heavy (non-hydrogen) atoms. The fourth-order valence-corrected chi connectivity index (χ4v) is 1.61. The number of amides is 1. The molecule has 1 rings (SSSR count). The van der Waals surface area contributed by atoms with Crippen molar-refractivity contribution >= 4 is 41.5 Å². The van der Waals surface area contributed by atoms with Gasteiger partial charge in [-0.1, -0.05) is 39.3 Å². The van der Waals surface area contributed by atoms with Crippen molar-refractivity contribution in [3.8, 4) is 0 Å². The van der Waals surface area contributed by atoms with Gasteiger partial charge in [-0.3, -0.25) is 4.79 Å². The van der Waals surface area contributed by atoms with Gasteiger partial charge >= 0.3 is 0 Å². The maximum absolute atomic E-state index is 11.6. The average molecular weight is 418 g/mol. The molecular formula is C16H27IN4O. The van der Waals surface area contributed by atoms with Crippen molar-refractivity contribution in [3.05, 3.63) is 29.8 Å². The van der Waals surface area contributed by atoms with Crippen LogP contribution >= 0.6 is 24.0 Å². The molecule has 0 saturated heterocycles. The summed E-state index contributed by atoms with van der Waals surface area (Å²) in [4.78, 5) is 15.9. The Bertz CT molecular complexity index is 472. The summed E-state index contributed by atoms with van der Waals surface area (Å²) in [5, 5.41) is 5.93. The largest absolute Gasteiger partial charge is 0.370 e. The van der Waals surface area contributed by atoms with Crippen LogP contribution in [0.4, 0.5) is 5.69 Å². The smallest absolute Gasteiger partial charge is 0.226 e. The van der Waals surface area contributed by atoms with Crippen molar-refractivity contribution in [3.63, 3.8) is 0 Å². The fourth-order valence-electron chi connectivity index (χ4n) is 1.61. The third-order valence-corrected chi connectivity index (χ3v) is 3.01. The van der Waals surface area contributed by atoms with E-state index >= 15 is 0 Å². The topological polar surface area (TPSA) is 79.5 Å². The minimum atomic E-state index is -0.0247. The predicted molar refractivity (Wildman–Crippen MR) is 104 cm³/mol. The van der Waals surface area contributed by atoms with E-state index in [-0.39, 0.29) is 35.8 Å². The van der Waals surface area contributed by atoms with Crippen LogP contribution in [0.2, 0.25) is 0 Å². The number of unbranched alkanes of at least 4 members (excludes halogenated alkanes) is 1. The van der Waals surface area contributed by atoms with E-state index in [9.17, 15) is 4.79 Å². The molecule has 0 aliphatic heterocycles. The minimum absolute atomic E-state index is 0. The van der Waals surface area contributed by atoms with Crippen LogP contribution < -0.4 is 16.4 Å². The van der Waals surface area contributed by atoms with Gasteiger partial charge in [0, 0.05) is 18.2 Å². The van der Waals surface area contributed by atoms with Crippen molar-refractivity contribution in [1.29, 1.82) is 0 Å². The summed E-state index contributed by atoms with van der Waals surface area (Å²) in [6.45, 7) is 7.25. The number of aliphatic imine (C=N–C) groups is 1. The Morgan fingerprint density at radius 3 is 2.45 bits per heavy atom. The van der Waals surface area contributed by atoms with Gasteiger partial charge in [-0.2, -0.15) is 0 Å². The molecule has 0 atom stereocenters. The summed E-state index contributed by atoms with van der Waals surface area (Å²) < 4.78 is 0. The van der Waals surface area contributed by atoms with Crippen molar-refractivity contribution in [1.82, 2.24) is 5.32 Å². The maximum atomic E-state index is 11.6. The quantitative estimate of drug-likeness (QED) is 0.276. The molecule has 0 fully saturated rings. The van der Waals surface area contributed by atoms with Crippen LogP contribution in [0.25, 0.3) is 0 Å². The number of hydrogen-bond acceptors (Lipinski definition) is 2. The van der Waals surface area contributed by atoms with Gasteiger partial charge < -0.3 is 16.4 Å². The number of benzene rings is 1. The zero-order chi connectivity index (χ0) is 15.7. The third-order valence-electron chi connectivity index (χ3n) is 3.01. The molecule has 0 bridgehead atoms. The standard InChI is InChI=1S/C16H26N4O.HI/c1-4-5-10-18-16(17)19-11-13-6-8-14(9-7-13)20-15(21)12(2)3;/h6-9,12H,4-5,10-11H2,1-3H3,(H,20,21)(H3,17,18,19);1H. The Labute approximate surface area is 150 Å². The van der Waals surface area contributed by atoms with Crippen LogP contribution in [0.5, 0.6) is 0 Å². The van der Waals surface area contributed by atoms with Crippen LogP contribution in [-0.2, 0) is 11.3 Å². The van der Waals surface area contributed by atoms with E-state index in [0.29, 0.717) is 12.5 Å². The number of carbonyl (C=O) groups is 1. The van der Waals surface area contributed by atoms with E-state index in [2.05, 4.69) is 22.5 Å². The summed E-state index contributed by atoms with van der Waals surface area (Å²) in [6, 6.07) is 7.65. The Kier molecular flexibility index (Phi) is 10.6. The first-order chi connectivity index (χ1) is 10.0. The Hall–Kier alpha value is -1.31. The second-order valence-corrected chi connectivity index (χ2v) is 5.32. The summed E-state index contributed by atoms with van der Waals surface area (Å²) in [6.07, 6.45) is 2.21. The van der Waals surface area contributed by atoms with Crippen molar-refractivity contribution in [2.24, 2.45) is 16.6 Å². The van der Waals surface area contributed by atoms with Crippen LogP contribution in [0.1, 0.15) is 39.2 Å². The number of rotatable bonds is 7. The number of nitrogens with one attached hydrogen (secondary N) is 2. The van der Waals surface area contributed by atoms with Crippen molar-refractivity contribution < 1.29 is 4.79 Å². The van der Waals surface area contributed by atoms with Gasteiger partial charge in [0.15, 0.2) is 5.96 Å². The molecule has 0 aromatic heterocycles. The van der Waals surface area contributed by atoms with Gasteiger partial charge in [-0.15, -0.1) is 24.0 Å². The molecule has 0 unspecified atom stereocenters. The molecule has 0 spiro atoms.